The highest BCUT2D eigenvalue weighted by molar-refractivity contribution is 7.09. The first-order valence-corrected chi connectivity index (χ1v) is 7.75. The van der Waals surface area contributed by atoms with Gasteiger partial charge in [0.05, 0.1) is 10.7 Å². The minimum absolute atomic E-state index is 0.678. The number of likely N-dealkylation sites (tertiary alicyclic amines) is 1. The highest BCUT2D eigenvalue weighted by Crippen LogP contribution is 2.28. The molecule has 0 aliphatic carbocycles. The molecule has 0 spiro atoms. The van der Waals surface area contributed by atoms with Gasteiger partial charge in [-0.3, -0.25) is 4.90 Å². The fourth-order valence-electron chi connectivity index (χ4n) is 2.82. The van der Waals surface area contributed by atoms with Crippen molar-refractivity contribution in [3.05, 3.63) is 16.1 Å². The van der Waals surface area contributed by atoms with Crippen molar-refractivity contribution in [1.29, 1.82) is 0 Å². The second-order valence-electron chi connectivity index (χ2n) is 5.45. The van der Waals surface area contributed by atoms with Gasteiger partial charge >= 0.3 is 0 Å². The maximum Gasteiger partial charge on any atom is 0.0973 e. The van der Waals surface area contributed by atoms with Gasteiger partial charge in [-0.15, -0.1) is 11.3 Å². The molecule has 18 heavy (non-hydrogen) atoms. The maximum absolute atomic E-state index is 4.85. The van der Waals surface area contributed by atoms with E-state index in [-0.39, 0.29) is 0 Å². The normalized spacial score (nSPS) is 26.8. The predicted octanol–water partition coefficient (Wildman–Crippen LogP) is 0.967. The fraction of sp³-hybridized carbons (Fsp3) is 0.769. The van der Waals surface area contributed by atoms with Gasteiger partial charge in [0, 0.05) is 50.6 Å². The highest BCUT2D eigenvalue weighted by Gasteiger charge is 2.24. The summed E-state index contributed by atoms with van der Waals surface area (Å²) in [7, 11) is 2.20. The number of rotatable bonds is 3. The lowest BCUT2D eigenvalue weighted by Crippen LogP contribution is -2.42. The average molecular weight is 266 g/mol. The number of nitrogens with one attached hydrogen (secondary N) is 1. The second kappa shape index (κ2) is 5.65. The molecular weight excluding hydrogens is 244 g/mol. The highest BCUT2D eigenvalue weighted by atomic mass is 32.1. The van der Waals surface area contributed by atoms with Crippen LogP contribution in [0.15, 0.2) is 5.38 Å². The smallest absolute Gasteiger partial charge is 0.0973 e. The van der Waals surface area contributed by atoms with Crippen LogP contribution >= 0.6 is 11.3 Å². The summed E-state index contributed by atoms with van der Waals surface area (Å²) >= 11 is 1.86. The van der Waals surface area contributed by atoms with Crippen molar-refractivity contribution < 1.29 is 0 Å². The Labute approximate surface area is 113 Å². The fourth-order valence-corrected chi connectivity index (χ4v) is 3.76. The summed E-state index contributed by atoms with van der Waals surface area (Å²) in [6.07, 6.45) is 1.27. The molecule has 3 rings (SSSR count). The summed E-state index contributed by atoms with van der Waals surface area (Å²) in [6, 6.07) is 0. The van der Waals surface area contributed by atoms with Crippen molar-refractivity contribution in [3.63, 3.8) is 0 Å². The first kappa shape index (κ1) is 12.5. The number of piperazine rings is 1. The molecule has 3 heterocycles. The van der Waals surface area contributed by atoms with Crippen molar-refractivity contribution in [1.82, 2.24) is 20.1 Å². The Morgan fingerprint density at radius 3 is 2.94 bits per heavy atom. The van der Waals surface area contributed by atoms with Gasteiger partial charge in [0.1, 0.15) is 0 Å². The van der Waals surface area contributed by atoms with Gasteiger partial charge in [0.25, 0.3) is 0 Å². The summed E-state index contributed by atoms with van der Waals surface area (Å²) < 4.78 is 0. The Hall–Kier alpha value is -0.490. The van der Waals surface area contributed by atoms with E-state index in [0.29, 0.717) is 5.92 Å². The van der Waals surface area contributed by atoms with Crippen molar-refractivity contribution in [2.75, 3.05) is 46.3 Å². The summed E-state index contributed by atoms with van der Waals surface area (Å²) in [5.41, 5.74) is 1.27. The molecule has 1 atom stereocenters. The van der Waals surface area contributed by atoms with Crippen LogP contribution in [0.5, 0.6) is 0 Å². The van der Waals surface area contributed by atoms with Gasteiger partial charge in [-0.05, 0) is 20.0 Å². The van der Waals surface area contributed by atoms with E-state index in [2.05, 4.69) is 27.5 Å². The van der Waals surface area contributed by atoms with Gasteiger partial charge in [0.15, 0.2) is 0 Å². The molecule has 2 fully saturated rings. The number of hydrogen-bond donors (Lipinski definition) is 1. The number of nitrogens with zero attached hydrogens (tertiary/aromatic N) is 3. The molecule has 100 valence electrons. The molecule has 2 aliphatic heterocycles. The lowest BCUT2D eigenvalue weighted by atomic mass is 10.1. The molecule has 0 saturated carbocycles. The van der Waals surface area contributed by atoms with Crippen molar-refractivity contribution in [2.24, 2.45) is 0 Å². The van der Waals surface area contributed by atoms with Crippen molar-refractivity contribution in [2.45, 2.75) is 18.9 Å². The largest absolute Gasteiger partial charge is 0.314 e. The van der Waals surface area contributed by atoms with E-state index in [4.69, 9.17) is 4.98 Å². The molecule has 1 N–H and O–H groups in total. The van der Waals surface area contributed by atoms with Crippen LogP contribution in [-0.2, 0) is 6.54 Å². The summed E-state index contributed by atoms with van der Waals surface area (Å²) in [6.45, 7) is 7.96. The Morgan fingerprint density at radius 1 is 1.39 bits per heavy atom. The van der Waals surface area contributed by atoms with E-state index in [1.54, 1.807) is 0 Å². The molecule has 0 amide bonds. The Bertz CT molecular complexity index is 386. The summed E-state index contributed by atoms with van der Waals surface area (Å²) in [5, 5.41) is 7.00. The first-order valence-electron chi connectivity index (χ1n) is 6.87. The van der Waals surface area contributed by atoms with Crippen LogP contribution in [-0.4, -0.2) is 61.1 Å². The molecule has 0 aromatic carbocycles. The molecule has 4 nitrogen and oxygen atoms in total. The molecule has 0 bridgehead atoms. The molecule has 1 unspecified atom stereocenters. The van der Waals surface area contributed by atoms with E-state index in [0.717, 1.165) is 32.7 Å². The lowest BCUT2D eigenvalue weighted by Gasteiger charge is -2.26. The topological polar surface area (TPSA) is 31.4 Å². The van der Waals surface area contributed by atoms with Crippen LogP contribution in [0, 0.1) is 0 Å². The quantitative estimate of drug-likeness (QED) is 0.883. The molecule has 0 radical (unpaired) electrons. The maximum atomic E-state index is 4.85. The number of thiazole rings is 1. The zero-order valence-electron chi connectivity index (χ0n) is 11.1. The third kappa shape index (κ3) is 2.91. The Morgan fingerprint density at radius 2 is 2.22 bits per heavy atom. The molecule has 2 saturated heterocycles. The number of likely N-dealkylation sites (N-methyl/N-ethyl adjacent to an activating group) is 1. The standard InChI is InChI=1S/C13H22N4S/c1-16-5-2-11(8-16)13-15-12(10-18-13)9-17-6-3-14-4-7-17/h10-11,14H,2-9H2,1H3. The van der Waals surface area contributed by atoms with E-state index in [9.17, 15) is 0 Å². The van der Waals surface area contributed by atoms with E-state index in [1.165, 1.54) is 30.2 Å². The van der Waals surface area contributed by atoms with E-state index >= 15 is 0 Å². The number of aromatic nitrogens is 1. The van der Waals surface area contributed by atoms with Gasteiger partial charge in [-0.1, -0.05) is 0 Å². The predicted molar refractivity (Wildman–Crippen MR) is 75.1 cm³/mol. The molecule has 1 aromatic heterocycles. The molecule has 2 aliphatic rings. The van der Waals surface area contributed by atoms with E-state index in [1.807, 2.05) is 11.3 Å². The summed E-state index contributed by atoms with van der Waals surface area (Å²) in [4.78, 5) is 9.75. The van der Waals surface area contributed by atoms with Crippen LogP contribution in [0.4, 0.5) is 0 Å². The SMILES string of the molecule is CN1CCC(c2nc(CN3CCNCC3)cs2)C1. The van der Waals surface area contributed by atoms with Crippen LogP contribution in [0.2, 0.25) is 0 Å². The van der Waals surface area contributed by atoms with Crippen molar-refractivity contribution >= 4 is 11.3 Å². The van der Waals surface area contributed by atoms with Crippen LogP contribution in [0.3, 0.4) is 0 Å². The zero-order valence-corrected chi connectivity index (χ0v) is 11.9. The Balaban J connectivity index is 1.59. The minimum Gasteiger partial charge on any atom is -0.314 e. The molecule has 5 heteroatoms. The number of hydrogen-bond acceptors (Lipinski definition) is 5. The summed E-state index contributed by atoms with van der Waals surface area (Å²) in [5.74, 6) is 0.678. The van der Waals surface area contributed by atoms with Crippen LogP contribution in [0.1, 0.15) is 23.0 Å². The van der Waals surface area contributed by atoms with Gasteiger partial charge < -0.3 is 10.2 Å². The Kier molecular flexibility index (Phi) is 3.94. The van der Waals surface area contributed by atoms with Crippen molar-refractivity contribution in [3.8, 4) is 0 Å². The van der Waals surface area contributed by atoms with Crippen LogP contribution < -0.4 is 5.32 Å². The van der Waals surface area contributed by atoms with Crippen LogP contribution in [0.25, 0.3) is 0 Å². The minimum atomic E-state index is 0.678. The first-order chi connectivity index (χ1) is 8.81. The third-order valence-electron chi connectivity index (χ3n) is 3.91. The average Bonchev–Trinajstić information content (AvgIpc) is 2.99. The van der Waals surface area contributed by atoms with E-state index < -0.39 is 0 Å². The monoisotopic (exact) mass is 266 g/mol. The third-order valence-corrected chi connectivity index (χ3v) is 4.96. The van der Waals surface area contributed by atoms with Gasteiger partial charge in [0.2, 0.25) is 0 Å². The lowest BCUT2D eigenvalue weighted by molar-refractivity contribution is 0.231. The second-order valence-corrected chi connectivity index (χ2v) is 6.34. The molecular formula is C13H22N4S. The zero-order chi connectivity index (χ0) is 12.4. The van der Waals surface area contributed by atoms with Gasteiger partial charge in [-0.25, -0.2) is 4.98 Å². The van der Waals surface area contributed by atoms with Gasteiger partial charge in [-0.2, -0.15) is 0 Å². The molecule has 1 aromatic rings.